The van der Waals surface area contributed by atoms with Crippen molar-refractivity contribution in [3.8, 4) is 5.69 Å². The number of carbonyl (C=O) groups excluding carboxylic acids is 1. The van der Waals surface area contributed by atoms with E-state index in [1.807, 2.05) is 6.07 Å². The zero-order valence-electron chi connectivity index (χ0n) is 16.2. The van der Waals surface area contributed by atoms with E-state index in [0.717, 1.165) is 6.42 Å². The smallest absolute Gasteiger partial charge is 0.232 e. The van der Waals surface area contributed by atoms with Crippen LogP contribution >= 0.6 is 11.8 Å². The van der Waals surface area contributed by atoms with Gasteiger partial charge in [-0.25, -0.2) is 4.39 Å². The number of amides is 1. The molecule has 1 saturated heterocycles. The molecule has 9 heteroatoms. The average molecular weight is 408 g/mol. The molecule has 0 saturated carbocycles. The second kappa shape index (κ2) is 9.88. The summed E-state index contributed by atoms with van der Waals surface area (Å²) in [6.07, 6.45) is 0.942. The summed E-state index contributed by atoms with van der Waals surface area (Å²) in [4.78, 5) is 14.2. The number of benzene rings is 1. The van der Waals surface area contributed by atoms with Gasteiger partial charge in [-0.15, -0.1) is 10.2 Å². The molecule has 1 fully saturated rings. The minimum absolute atomic E-state index is 0.0487. The third-order valence-electron chi connectivity index (χ3n) is 4.35. The van der Waals surface area contributed by atoms with Gasteiger partial charge in [-0.3, -0.25) is 9.36 Å². The maximum atomic E-state index is 13.8. The Kier molecular flexibility index (Phi) is 7.27. The van der Waals surface area contributed by atoms with Crippen molar-refractivity contribution in [3.63, 3.8) is 0 Å². The van der Waals surface area contributed by atoms with Crippen LogP contribution in [0.1, 0.15) is 20.3 Å². The number of thioether (sulfide) groups is 1. The van der Waals surface area contributed by atoms with Gasteiger partial charge in [0, 0.05) is 19.6 Å². The van der Waals surface area contributed by atoms with Crippen LogP contribution in [0.15, 0.2) is 29.4 Å². The van der Waals surface area contributed by atoms with Crippen molar-refractivity contribution >= 4 is 23.6 Å². The summed E-state index contributed by atoms with van der Waals surface area (Å²) in [5.74, 6) is 1.03. The Morgan fingerprint density at radius 1 is 1.32 bits per heavy atom. The molecular formula is C19H26FN5O2S. The van der Waals surface area contributed by atoms with Crippen LogP contribution in [0.2, 0.25) is 0 Å². The van der Waals surface area contributed by atoms with Gasteiger partial charge in [0.1, 0.15) is 5.82 Å². The third kappa shape index (κ3) is 5.45. The predicted octanol–water partition coefficient (Wildman–Crippen LogP) is 2.50. The molecule has 1 aliphatic rings. The van der Waals surface area contributed by atoms with Gasteiger partial charge in [0.2, 0.25) is 11.9 Å². The number of rotatable bonds is 8. The Hall–Kier alpha value is -2.13. The molecule has 0 bridgehead atoms. The average Bonchev–Trinajstić information content (AvgIpc) is 3.11. The van der Waals surface area contributed by atoms with Gasteiger partial charge >= 0.3 is 0 Å². The number of nitrogens with zero attached hydrogens (tertiary/aromatic N) is 4. The second-order valence-corrected chi connectivity index (χ2v) is 7.96. The zero-order valence-corrected chi connectivity index (χ0v) is 17.0. The number of ether oxygens (including phenoxy) is 1. The highest BCUT2D eigenvalue weighted by Crippen LogP contribution is 2.27. The molecule has 1 aliphatic heterocycles. The van der Waals surface area contributed by atoms with Crippen LogP contribution in [0, 0.1) is 11.7 Å². The monoisotopic (exact) mass is 407 g/mol. The summed E-state index contributed by atoms with van der Waals surface area (Å²) in [6.45, 7) is 7.49. The van der Waals surface area contributed by atoms with E-state index in [1.165, 1.54) is 23.9 Å². The number of anilines is 1. The molecule has 1 aromatic carbocycles. The molecule has 0 radical (unpaired) electrons. The lowest BCUT2D eigenvalue weighted by atomic mass is 10.1. The standard InChI is InChI=1S/C19H26FN5O2S/c1-14(2)6-7-21-17(26)13-28-19-23-22-18(24-8-10-27-11-9-24)25(19)16-5-3-4-15(20)12-16/h3-5,12,14H,6-11,13H2,1-2H3,(H,21,26). The van der Waals surface area contributed by atoms with E-state index >= 15 is 0 Å². The summed E-state index contributed by atoms with van der Waals surface area (Å²) in [6, 6.07) is 6.31. The number of aromatic nitrogens is 3. The molecule has 1 amide bonds. The molecule has 3 rings (SSSR count). The molecule has 152 valence electrons. The molecule has 7 nitrogen and oxygen atoms in total. The van der Waals surface area contributed by atoms with Crippen molar-refractivity contribution in [2.24, 2.45) is 5.92 Å². The first-order chi connectivity index (χ1) is 13.5. The maximum Gasteiger partial charge on any atom is 0.232 e. The molecule has 1 N–H and O–H groups in total. The van der Waals surface area contributed by atoms with E-state index in [-0.39, 0.29) is 17.5 Å². The molecule has 0 atom stereocenters. The van der Waals surface area contributed by atoms with Gasteiger partial charge in [0.25, 0.3) is 0 Å². The third-order valence-corrected chi connectivity index (χ3v) is 5.28. The fourth-order valence-corrected chi connectivity index (χ4v) is 3.62. The lowest BCUT2D eigenvalue weighted by molar-refractivity contribution is -0.118. The van der Waals surface area contributed by atoms with Crippen molar-refractivity contribution < 1.29 is 13.9 Å². The van der Waals surface area contributed by atoms with Crippen LogP contribution in [0.5, 0.6) is 0 Å². The SMILES string of the molecule is CC(C)CCNC(=O)CSc1nnc(N2CCOCC2)n1-c1cccc(F)c1. The van der Waals surface area contributed by atoms with Crippen molar-refractivity contribution in [1.82, 2.24) is 20.1 Å². The van der Waals surface area contributed by atoms with Gasteiger partial charge < -0.3 is 15.0 Å². The predicted molar refractivity (Wildman–Crippen MR) is 108 cm³/mol. The molecule has 2 aromatic rings. The highest BCUT2D eigenvalue weighted by atomic mass is 32.2. The number of nitrogens with one attached hydrogen (secondary N) is 1. The van der Waals surface area contributed by atoms with E-state index in [9.17, 15) is 9.18 Å². The van der Waals surface area contributed by atoms with Gasteiger partial charge in [0.15, 0.2) is 5.16 Å². The first-order valence-electron chi connectivity index (χ1n) is 9.48. The Morgan fingerprint density at radius 2 is 2.11 bits per heavy atom. The quantitative estimate of drug-likeness (QED) is 0.678. The Morgan fingerprint density at radius 3 is 2.82 bits per heavy atom. The van der Waals surface area contributed by atoms with Crippen molar-refractivity contribution in [3.05, 3.63) is 30.1 Å². The van der Waals surface area contributed by atoms with Gasteiger partial charge in [-0.1, -0.05) is 31.7 Å². The van der Waals surface area contributed by atoms with E-state index in [1.54, 1.807) is 10.6 Å². The Labute approximate surface area is 168 Å². The van der Waals surface area contributed by atoms with Crippen LogP contribution < -0.4 is 10.2 Å². The van der Waals surface area contributed by atoms with Crippen LogP contribution in [0.25, 0.3) is 5.69 Å². The van der Waals surface area contributed by atoms with Crippen LogP contribution in [0.3, 0.4) is 0 Å². The number of halogens is 1. The van der Waals surface area contributed by atoms with Gasteiger partial charge in [-0.2, -0.15) is 0 Å². The molecule has 0 aliphatic carbocycles. The van der Waals surface area contributed by atoms with Crippen LogP contribution in [-0.4, -0.2) is 59.3 Å². The minimum atomic E-state index is -0.332. The maximum absolute atomic E-state index is 13.8. The van der Waals surface area contributed by atoms with Crippen molar-refractivity contribution in [2.45, 2.75) is 25.4 Å². The summed E-state index contributed by atoms with van der Waals surface area (Å²) >= 11 is 1.30. The summed E-state index contributed by atoms with van der Waals surface area (Å²) < 4.78 is 21.0. The molecule has 28 heavy (non-hydrogen) atoms. The largest absolute Gasteiger partial charge is 0.378 e. The highest BCUT2D eigenvalue weighted by molar-refractivity contribution is 7.99. The molecule has 0 spiro atoms. The molecule has 2 heterocycles. The van der Waals surface area contributed by atoms with Crippen LogP contribution in [-0.2, 0) is 9.53 Å². The normalized spacial score (nSPS) is 14.5. The Bertz CT molecular complexity index is 792. The lowest BCUT2D eigenvalue weighted by Gasteiger charge is -2.27. The van der Waals surface area contributed by atoms with Crippen LogP contribution in [0.4, 0.5) is 10.3 Å². The fourth-order valence-electron chi connectivity index (χ4n) is 2.85. The minimum Gasteiger partial charge on any atom is -0.378 e. The zero-order chi connectivity index (χ0) is 19.9. The van der Waals surface area contributed by atoms with E-state index < -0.39 is 0 Å². The topological polar surface area (TPSA) is 72.3 Å². The second-order valence-electron chi connectivity index (χ2n) is 7.02. The summed E-state index contributed by atoms with van der Waals surface area (Å²) in [5, 5.41) is 12.1. The van der Waals surface area contributed by atoms with E-state index in [0.29, 0.717) is 55.6 Å². The first kappa shape index (κ1) is 20.6. The van der Waals surface area contributed by atoms with Crippen molar-refractivity contribution in [1.29, 1.82) is 0 Å². The lowest BCUT2D eigenvalue weighted by Crippen LogP contribution is -2.37. The first-order valence-corrected chi connectivity index (χ1v) is 10.5. The summed E-state index contributed by atoms with van der Waals surface area (Å²) in [7, 11) is 0. The van der Waals surface area contributed by atoms with Gasteiger partial charge in [-0.05, 0) is 30.5 Å². The molecule has 1 aromatic heterocycles. The van der Waals surface area contributed by atoms with E-state index in [2.05, 4.69) is 34.3 Å². The highest BCUT2D eigenvalue weighted by Gasteiger charge is 2.22. The Balaban J connectivity index is 1.77. The number of hydrogen-bond donors (Lipinski definition) is 1. The van der Waals surface area contributed by atoms with Gasteiger partial charge in [0.05, 0.1) is 24.7 Å². The molecular weight excluding hydrogens is 381 g/mol. The number of hydrogen-bond acceptors (Lipinski definition) is 6. The number of carbonyl (C=O) groups is 1. The molecule has 0 unspecified atom stereocenters. The van der Waals surface area contributed by atoms with E-state index in [4.69, 9.17) is 4.74 Å². The van der Waals surface area contributed by atoms with Crippen molar-refractivity contribution in [2.75, 3.05) is 43.5 Å². The number of morpholine rings is 1. The fraction of sp³-hybridized carbons (Fsp3) is 0.526. The summed E-state index contributed by atoms with van der Waals surface area (Å²) in [5.41, 5.74) is 0.634.